The van der Waals surface area contributed by atoms with E-state index in [9.17, 15) is 20.1 Å². The lowest BCUT2D eigenvalue weighted by molar-refractivity contribution is -0.125. The van der Waals surface area contributed by atoms with Gasteiger partial charge in [-0.05, 0) is 38.5 Å². The summed E-state index contributed by atoms with van der Waals surface area (Å²) in [6.07, 6.45) is 53.4. The van der Waals surface area contributed by atoms with E-state index in [4.69, 9.17) is 0 Å². The molecule has 1 amide bonds. The van der Waals surface area contributed by atoms with E-state index >= 15 is 0 Å². The van der Waals surface area contributed by atoms with Crippen LogP contribution >= 0.6 is 0 Å². The van der Waals surface area contributed by atoms with Gasteiger partial charge in [0.1, 0.15) is 0 Å². The summed E-state index contributed by atoms with van der Waals surface area (Å²) >= 11 is 0. The Morgan fingerprint density at radius 1 is 0.444 bits per heavy atom. The van der Waals surface area contributed by atoms with Crippen LogP contribution in [-0.4, -0.2) is 46.1 Å². The molecular formula is C49H97NO4. The quantitative estimate of drug-likeness (QED) is 0.0367. The minimum absolute atomic E-state index is 0.0384. The van der Waals surface area contributed by atoms with Gasteiger partial charge in [-0.25, -0.2) is 0 Å². The minimum Gasteiger partial charge on any atom is -0.394 e. The fraction of sp³-hybridized carbons (Fsp3) is 0.939. The van der Waals surface area contributed by atoms with E-state index in [0.29, 0.717) is 12.8 Å². The van der Waals surface area contributed by atoms with Gasteiger partial charge in [-0.15, -0.1) is 0 Å². The molecular weight excluding hydrogens is 667 g/mol. The lowest BCUT2D eigenvalue weighted by Crippen LogP contribution is -2.46. The van der Waals surface area contributed by atoms with Crippen LogP contribution < -0.4 is 5.32 Å². The Labute approximate surface area is 338 Å². The van der Waals surface area contributed by atoms with Crippen LogP contribution in [0.1, 0.15) is 271 Å². The first-order valence-electron chi connectivity index (χ1n) is 24.5. The average Bonchev–Trinajstić information content (AvgIpc) is 3.16. The van der Waals surface area contributed by atoms with Crippen molar-refractivity contribution in [1.82, 2.24) is 5.32 Å². The first kappa shape index (κ1) is 53.1. The molecule has 0 fully saturated rings. The van der Waals surface area contributed by atoms with Gasteiger partial charge < -0.3 is 20.6 Å². The van der Waals surface area contributed by atoms with Crippen LogP contribution in [0.4, 0.5) is 0 Å². The van der Waals surface area contributed by atoms with E-state index in [1.807, 2.05) is 0 Å². The predicted molar refractivity (Wildman–Crippen MR) is 236 cm³/mol. The molecule has 0 bridgehead atoms. The van der Waals surface area contributed by atoms with E-state index in [1.165, 1.54) is 212 Å². The molecule has 0 aromatic heterocycles. The molecule has 0 saturated heterocycles. The number of hydrogen-bond acceptors (Lipinski definition) is 4. The van der Waals surface area contributed by atoms with E-state index < -0.39 is 18.2 Å². The summed E-state index contributed by atoms with van der Waals surface area (Å²) < 4.78 is 0. The molecule has 0 spiro atoms. The lowest BCUT2D eigenvalue weighted by atomic mass is 10.0. The van der Waals surface area contributed by atoms with Gasteiger partial charge in [-0.2, -0.15) is 0 Å². The number of nitrogens with one attached hydrogen (secondary N) is 1. The van der Waals surface area contributed by atoms with Gasteiger partial charge in [-0.3, -0.25) is 4.79 Å². The summed E-state index contributed by atoms with van der Waals surface area (Å²) in [6, 6.07) is -0.656. The van der Waals surface area contributed by atoms with E-state index in [0.717, 1.165) is 25.7 Å². The zero-order chi connectivity index (χ0) is 39.4. The highest BCUT2D eigenvalue weighted by Crippen LogP contribution is 2.17. The molecule has 0 radical (unpaired) electrons. The van der Waals surface area contributed by atoms with Crippen LogP contribution in [-0.2, 0) is 4.79 Å². The van der Waals surface area contributed by atoms with Crippen LogP contribution in [0.3, 0.4) is 0 Å². The van der Waals surface area contributed by atoms with Crippen molar-refractivity contribution in [3.8, 4) is 0 Å². The number of unbranched alkanes of at least 4 members (excludes halogenated alkanes) is 34. The number of aliphatic hydroxyl groups excluding tert-OH is 3. The van der Waals surface area contributed by atoms with Crippen molar-refractivity contribution < 1.29 is 20.1 Å². The Bertz CT molecular complexity index is 758. The van der Waals surface area contributed by atoms with Gasteiger partial charge in [0.2, 0.25) is 5.91 Å². The summed E-state index contributed by atoms with van der Waals surface area (Å²) in [5.74, 6) is -0.281. The van der Waals surface area contributed by atoms with Crippen molar-refractivity contribution in [3.63, 3.8) is 0 Å². The Kier molecular flexibility index (Phi) is 44.0. The Hall–Kier alpha value is -0.910. The molecule has 0 aliphatic carbocycles. The topological polar surface area (TPSA) is 89.8 Å². The Morgan fingerprint density at radius 2 is 0.741 bits per heavy atom. The summed E-state index contributed by atoms with van der Waals surface area (Å²) in [4.78, 5) is 12.5. The van der Waals surface area contributed by atoms with Crippen molar-refractivity contribution in [2.75, 3.05) is 6.61 Å². The standard InChI is InChI=1S/C49H97NO4/c1-3-5-7-9-11-13-15-17-19-20-21-22-23-24-25-26-27-28-29-30-32-34-36-38-40-42-46(52)44-49(54)50-47(45-51)48(53)43-41-39-37-35-33-31-18-16-14-12-10-8-6-4-2/h24-25,46-48,51-53H,3-23,26-45H2,1-2H3,(H,50,54)/b25-24-. The normalized spacial score (nSPS) is 13.5. The van der Waals surface area contributed by atoms with Gasteiger partial charge in [0, 0.05) is 0 Å². The fourth-order valence-electron chi connectivity index (χ4n) is 7.81. The number of hydrogen-bond donors (Lipinski definition) is 4. The van der Waals surface area contributed by atoms with Crippen molar-refractivity contribution in [2.45, 2.75) is 289 Å². The molecule has 5 heteroatoms. The molecule has 54 heavy (non-hydrogen) atoms. The smallest absolute Gasteiger partial charge is 0.222 e. The Morgan fingerprint density at radius 3 is 1.07 bits per heavy atom. The molecule has 0 heterocycles. The van der Waals surface area contributed by atoms with Crippen LogP contribution in [0.2, 0.25) is 0 Å². The molecule has 0 aliphatic heterocycles. The van der Waals surface area contributed by atoms with Crippen LogP contribution in [0.5, 0.6) is 0 Å². The number of rotatable bonds is 45. The fourth-order valence-corrected chi connectivity index (χ4v) is 7.81. The molecule has 0 saturated carbocycles. The van der Waals surface area contributed by atoms with Crippen molar-refractivity contribution in [2.24, 2.45) is 0 Å². The number of carbonyl (C=O) groups is 1. The highest BCUT2D eigenvalue weighted by molar-refractivity contribution is 5.76. The second kappa shape index (κ2) is 44.8. The number of aliphatic hydroxyl groups is 3. The van der Waals surface area contributed by atoms with E-state index in [-0.39, 0.29) is 18.9 Å². The molecule has 3 unspecified atom stereocenters. The third kappa shape index (κ3) is 40.7. The van der Waals surface area contributed by atoms with Crippen LogP contribution in [0.15, 0.2) is 12.2 Å². The molecule has 3 atom stereocenters. The lowest BCUT2D eigenvalue weighted by Gasteiger charge is -2.23. The molecule has 4 N–H and O–H groups in total. The monoisotopic (exact) mass is 764 g/mol. The minimum atomic E-state index is -0.746. The second-order valence-electron chi connectivity index (χ2n) is 17.1. The zero-order valence-electron chi connectivity index (χ0n) is 36.6. The van der Waals surface area contributed by atoms with Gasteiger partial charge in [0.25, 0.3) is 0 Å². The molecule has 0 aliphatic rings. The van der Waals surface area contributed by atoms with Crippen LogP contribution in [0, 0.1) is 0 Å². The third-order valence-corrected chi connectivity index (χ3v) is 11.6. The highest BCUT2D eigenvalue weighted by atomic mass is 16.3. The highest BCUT2D eigenvalue weighted by Gasteiger charge is 2.21. The number of amides is 1. The van der Waals surface area contributed by atoms with Gasteiger partial charge in [-0.1, -0.05) is 238 Å². The van der Waals surface area contributed by atoms with Crippen molar-refractivity contribution in [1.29, 1.82) is 0 Å². The largest absolute Gasteiger partial charge is 0.394 e. The molecule has 0 aromatic carbocycles. The number of allylic oxidation sites excluding steroid dienone is 2. The summed E-state index contributed by atoms with van der Waals surface area (Å²) in [6.45, 7) is 4.28. The average molecular weight is 764 g/mol. The number of carbonyl (C=O) groups excluding carboxylic acids is 1. The zero-order valence-corrected chi connectivity index (χ0v) is 36.6. The maximum absolute atomic E-state index is 12.5. The first-order chi connectivity index (χ1) is 26.5. The maximum atomic E-state index is 12.5. The summed E-state index contributed by atoms with van der Waals surface area (Å²) in [5, 5.41) is 33.5. The van der Waals surface area contributed by atoms with Gasteiger partial charge >= 0.3 is 0 Å². The van der Waals surface area contributed by atoms with E-state index in [1.54, 1.807) is 0 Å². The molecule has 5 nitrogen and oxygen atoms in total. The summed E-state index contributed by atoms with van der Waals surface area (Å²) in [7, 11) is 0. The second-order valence-corrected chi connectivity index (χ2v) is 17.1. The van der Waals surface area contributed by atoms with E-state index in [2.05, 4.69) is 31.3 Å². The van der Waals surface area contributed by atoms with Crippen molar-refractivity contribution >= 4 is 5.91 Å². The summed E-state index contributed by atoms with van der Waals surface area (Å²) in [5.41, 5.74) is 0. The Balaban J connectivity index is 3.54. The maximum Gasteiger partial charge on any atom is 0.222 e. The molecule has 0 rings (SSSR count). The first-order valence-corrected chi connectivity index (χ1v) is 24.5. The molecule has 322 valence electrons. The van der Waals surface area contributed by atoms with Gasteiger partial charge in [0.05, 0.1) is 31.3 Å². The predicted octanol–water partition coefficient (Wildman–Crippen LogP) is 14.4. The van der Waals surface area contributed by atoms with Gasteiger partial charge in [0.15, 0.2) is 0 Å². The third-order valence-electron chi connectivity index (χ3n) is 11.6. The van der Waals surface area contributed by atoms with Crippen molar-refractivity contribution in [3.05, 3.63) is 12.2 Å². The molecule has 0 aromatic rings. The SMILES string of the molecule is CCCCCCCCCCCCCC/C=C\CCCCCCCCCCCC(O)CC(=O)NC(CO)C(O)CCCCCCCCCCCCCCCC. The van der Waals surface area contributed by atoms with Crippen LogP contribution in [0.25, 0.3) is 0 Å².